The number of carbonyl (C=O) groups excluding carboxylic acids is 2. The molecule has 22 heavy (non-hydrogen) atoms. The minimum Gasteiger partial charge on any atom is -0.480 e. The molecule has 0 saturated heterocycles. The van der Waals surface area contributed by atoms with Crippen molar-refractivity contribution in [3.8, 4) is 5.75 Å². The number of hydrogen-bond donors (Lipinski definition) is 2. The molecule has 0 radical (unpaired) electrons. The molecule has 1 atom stereocenters. The van der Waals surface area contributed by atoms with Crippen LogP contribution in [0.4, 0.5) is 5.00 Å². The summed E-state index contributed by atoms with van der Waals surface area (Å²) in [6, 6.07) is 7.57. The van der Waals surface area contributed by atoms with E-state index in [0.717, 1.165) is 21.8 Å². The highest BCUT2D eigenvalue weighted by atomic mass is 32.1. The monoisotopic (exact) mass is 316 g/mol. The Labute approximate surface area is 132 Å². The van der Waals surface area contributed by atoms with E-state index in [2.05, 4.69) is 5.32 Å². The number of ether oxygens (including phenoxy) is 1. The molecule has 0 bridgehead atoms. The summed E-state index contributed by atoms with van der Waals surface area (Å²) in [6.45, 7) is 3.72. The maximum atomic E-state index is 12.4. The molecule has 2 amide bonds. The van der Waals surface area contributed by atoms with Gasteiger partial charge in [0, 0.05) is 11.3 Å². The van der Waals surface area contributed by atoms with Crippen LogP contribution >= 0.6 is 11.3 Å². The van der Waals surface area contributed by atoms with Gasteiger partial charge in [-0.2, -0.15) is 0 Å². The van der Waals surface area contributed by atoms with Crippen molar-refractivity contribution in [2.45, 2.75) is 26.4 Å². The number of nitrogens with one attached hydrogen (secondary N) is 1. The lowest BCUT2D eigenvalue weighted by Crippen LogP contribution is -2.31. The molecule has 0 fully saturated rings. The quantitative estimate of drug-likeness (QED) is 0.912. The number of para-hydroxylation sites is 1. The van der Waals surface area contributed by atoms with Crippen molar-refractivity contribution in [3.63, 3.8) is 0 Å². The Bertz CT molecular complexity index is 742. The second-order valence-corrected chi connectivity index (χ2v) is 6.48. The third kappa shape index (κ3) is 2.46. The Balaban J connectivity index is 1.79. The van der Waals surface area contributed by atoms with Crippen molar-refractivity contribution in [2.24, 2.45) is 5.73 Å². The van der Waals surface area contributed by atoms with Crippen LogP contribution in [0, 0.1) is 13.8 Å². The van der Waals surface area contributed by atoms with E-state index in [-0.39, 0.29) is 5.91 Å². The fourth-order valence-corrected chi connectivity index (χ4v) is 3.60. The molecular formula is C16H16N2O3S. The average Bonchev–Trinajstić information content (AvgIpc) is 3.01. The maximum absolute atomic E-state index is 12.4. The van der Waals surface area contributed by atoms with E-state index in [0.29, 0.717) is 17.0 Å². The molecule has 6 heteroatoms. The molecule has 0 aliphatic carbocycles. The van der Waals surface area contributed by atoms with Gasteiger partial charge in [0.1, 0.15) is 10.8 Å². The van der Waals surface area contributed by atoms with Crippen molar-refractivity contribution >= 4 is 28.2 Å². The van der Waals surface area contributed by atoms with E-state index in [1.165, 1.54) is 11.3 Å². The van der Waals surface area contributed by atoms with Crippen LogP contribution in [0.15, 0.2) is 24.3 Å². The number of aryl methyl sites for hydroxylation is 1. The first-order chi connectivity index (χ1) is 10.5. The summed E-state index contributed by atoms with van der Waals surface area (Å²) in [6.07, 6.45) is -0.0575. The molecule has 0 unspecified atom stereocenters. The fourth-order valence-electron chi connectivity index (χ4n) is 2.53. The third-order valence-corrected chi connectivity index (χ3v) is 4.93. The van der Waals surface area contributed by atoms with E-state index in [9.17, 15) is 9.59 Å². The average molecular weight is 316 g/mol. The molecule has 5 nitrogen and oxygen atoms in total. The van der Waals surface area contributed by atoms with Crippen LogP contribution in [0.1, 0.15) is 26.4 Å². The van der Waals surface area contributed by atoms with Gasteiger partial charge in [-0.25, -0.2) is 0 Å². The summed E-state index contributed by atoms with van der Waals surface area (Å²) in [7, 11) is 0. The Morgan fingerprint density at radius 1 is 1.32 bits per heavy atom. The Kier molecular flexibility index (Phi) is 3.62. The van der Waals surface area contributed by atoms with Crippen molar-refractivity contribution in [1.82, 2.24) is 0 Å². The van der Waals surface area contributed by atoms with Gasteiger partial charge in [-0.3, -0.25) is 9.59 Å². The highest BCUT2D eigenvalue weighted by molar-refractivity contribution is 7.16. The van der Waals surface area contributed by atoms with Crippen molar-refractivity contribution < 1.29 is 14.3 Å². The van der Waals surface area contributed by atoms with Gasteiger partial charge < -0.3 is 15.8 Å². The minimum atomic E-state index is -0.583. The van der Waals surface area contributed by atoms with Crippen LogP contribution in [-0.2, 0) is 11.2 Å². The molecule has 3 N–H and O–H groups in total. The highest BCUT2D eigenvalue weighted by Crippen LogP contribution is 2.33. The van der Waals surface area contributed by atoms with Crippen LogP contribution in [0.5, 0.6) is 5.75 Å². The predicted molar refractivity (Wildman–Crippen MR) is 85.5 cm³/mol. The first kappa shape index (κ1) is 14.6. The van der Waals surface area contributed by atoms with Gasteiger partial charge in [-0.15, -0.1) is 11.3 Å². The summed E-state index contributed by atoms with van der Waals surface area (Å²) in [5.74, 6) is -0.0657. The largest absolute Gasteiger partial charge is 0.480 e. The van der Waals surface area contributed by atoms with Crippen LogP contribution in [0.25, 0.3) is 0 Å². The van der Waals surface area contributed by atoms with Crippen molar-refractivity contribution in [3.05, 3.63) is 45.8 Å². The van der Waals surface area contributed by atoms with E-state index in [1.807, 2.05) is 38.1 Å². The molecule has 2 heterocycles. The van der Waals surface area contributed by atoms with Crippen LogP contribution in [0.2, 0.25) is 0 Å². The minimum absolute atomic E-state index is 0.264. The van der Waals surface area contributed by atoms with Gasteiger partial charge in [0.15, 0.2) is 6.10 Å². The standard InChI is InChI=1S/C16H16N2O3S/c1-8-9(2)22-16(13(8)14(17)19)18-15(20)12-7-10-5-3-4-6-11(10)21-12/h3-6,12H,7H2,1-2H3,(H2,17,19)(H,18,20)/t12-/m0/s1. The number of rotatable bonds is 3. The Morgan fingerprint density at radius 2 is 2.05 bits per heavy atom. The van der Waals surface area contributed by atoms with Crippen LogP contribution in [0.3, 0.4) is 0 Å². The number of carbonyl (C=O) groups is 2. The number of nitrogens with two attached hydrogens (primary N) is 1. The SMILES string of the molecule is Cc1sc(NC(=O)[C@@H]2Cc3ccccc3O2)c(C(N)=O)c1C. The van der Waals surface area contributed by atoms with E-state index < -0.39 is 12.0 Å². The Morgan fingerprint density at radius 3 is 2.73 bits per heavy atom. The zero-order chi connectivity index (χ0) is 15.9. The lowest BCUT2D eigenvalue weighted by Gasteiger charge is -2.11. The topological polar surface area (TPSA) is 81.4 Å². The first-order valence-electron chi connectivity index (χ1n) is 6.92. The van der Waals surface area contributed by atoms with Crippen LogP contribution < -0.4 is 15.8 Å². The number of amides is 2. The number of primary amides is 1. The molecular weight excluding hydrogens is 300 g/mol. The van der Waals surface area contributed by atoms with Crippen LogP contribution in [-0.4, -0.2) is 17.9 Å². The lowest BCUT2D eigenvalue weighted by atomic mass is 10.1. The second-order valence-electron chi connectivity index (χ2n) is 5.26. The van der Waals surface area contributed by atoms with Gasteiger partial charge >= 0.3 is 0 Å². The molecule has 114 valence electrons. The number of anilines is 1. The number of hydrogen-bond acceptors (Lipinski definition) is 4. The van der Waals surface area contributed by atoms with Gasteiger partial charge in [0.05, 0.1) is 5.56 Å². The van der Waals surface area contributed by atoms with E-state index in [1.54, 1.807) is 0 Å². The summed E-state index contributed by atoms with van der Waals surface area (Å²) in [4.78, 5) is 24.9. The maximum Gasteiger partial charge on any atom is 0.266 e. The highest BCUT2D eigenvalue weighted by Gasteiger charge is 2.30. The van der Waals surface area contributed by atoms with Gasteiger partial charge in [0.2, 0.25) is 0 Å². The normalized spacial score (nSPS) is 16.0. The van der Waals surface area contributed by atoms with Gasteiger partial charge in [0.25, 0.3) is 11.8 Å². The van der Waals surface area contributed by atoms with Gasteiger partial charge in [-0.1, -0.05) is 18.2 Å². The zero-order valence-electron chi connectivity index (χ0n) is 12.3. The van der Waals surface area contributed by atoms with E-state index in [4.69, 9.17) is 10.5 Å². The molecule has 1 aliphatic rings. The Hall–Kier alpha value is -2.34. The molecule has 2 aromatic rings. The summed E-state index contributed by atoms with van der Waals surface area (Å²) in [5, 5.41) is 3.28. The molecule has 1 aromatic heterocycles. The lowest BCUT2D eigenvalue weighted by molar-refractivity contribution is -0.122. The summed E-state index contributed by atoms with van der Waals surface area (Å²) >= 11 is 1.35. The third-order valence-electron chi connectivity index (χ3n) is 3.81. The van der Waals surface area contributed by atoms with Crippen molar-refractivity contribution in [2.75, 3.05) is 5.32 Å². The molecule has 1 aromatic carbocycles. The first-order valence-corrected chi connectivity index (χ1v) is 7.74. The predicted octanol–water partition coefficient (Wildman–Crippen LogP) is 2.41. The van der Waals surface area contributed by atoms with Gasteiger partial charge in [-0.05, 0) is 31.0 Å². The second kappa shape index (κ2) is 5.46. The molecule has 0 spiro atoms. The molecule has 0 saturated carbocycles. The summed E-state index contributed by atoms with van der Waals surface area (Å²) < 4.78 is 5.65. The smallest absolute Gasteiger partial charge is 0.266 e. The van der Waals surface area contributed by atoms with E-state index >= 15 is 0 Å². The number of benzene rings is 1. The number of fused-ring (bicyclic) bond motifs is 1. The summed E-state index contributed by atoms with van der Waals surface area (Å²) in [5.41, 5.74) is 7.61. The van der Waals surface area contributed by atoms with Crippen molar-refractivity contribution in [1.29, 1.82) is 0 Å². The number of thiophene rings is 1. The zero-order valence-corrected chi connectivity index (χ0v) is 13.1. The molecule has 3 rings (SSSR count). The molecule has 1 aliphatic heterocycles. The fraction of sp³-hybridized carbons (Fsp3) is 0.250.